The van der Waals surface area contributed by atoms with Crippen molar-refractivity contribution in [3.8, 4) is 17.6 Å². The van der Waals surface area contributed by atoms with Crippen molar-refractivity contribution < 1.29 is 14.3 Å². The number of carbonyl (C=O) groups excluding carboxylic acids is 1. The fourth-order valence-electron chi connectivity index (χ4n) is 4.25. The van der Waals surface area contributed by atoms with Gasteiger partial charge in [0.15, 0.2) is 11.5 Å². The number of nitriles is 1. The number of nitrogens with zero attached hydrogens (tertiary/aromatic N) is 1. The third-order valence-corrected chi connectivity index (χ3v) is 6.22. The van der Waals surface area contributed by atoms with Crippen molar-refractivity contribution in [3.63, 3.8) is 0 Å². The predicted octanol–water partition coefficient (Wildman–Crippen LogP) is 7.29. The molecule has 4 rings (SSSR count). The van der Waals surface area contributed by atoms with Crippen LogP contribution >= 0.6 is 0 Å². The molecule has 1 amide bonds. The van der Waals surface area contributed by atoms with Crippen LogP contribution < -0.4 is 14.8 Å². The van der Waals surface area contributed by atoms with Gasteiger partial charge in [-0.3, -0.25) is 4.79 Å². The van der Waals surface area contributed by atoms with Crippen LogP contribution in [0.25, 0.3) is 16.8 Å². The highest BCUT2D eigenvalue weighted by molar-refractivity contribution is 6.10. The fourth-order valence-corrected chi connectivity index (χ4v) is 4.25. The summed E-state index contributed by atoms with van der Waals surface area (Å²) in [6.45, 7) is 8.74. The molecule has 0 spiro atoms. The lowest BCUT2D eigenvalue weighted by molar-refractivity contribution is -0.112. The van der Waals surface area contributed by atoms with E-state index >= 15 is 0 Å². The summed E-state index contributed by atoms with van der Waals surface area (Å²) in [5, 5.41) is 14.8. The van der Waals surface area contributed by atoms with Crippen LogP contribution in [-0.2, 0) is 11.4 Å². The standard InChI is InChI=1S/C32H30N2O3/c1-5-36-31-18-24(17-26(19-33)32(35)34-29-14-10-21(2)16-23(29)4)12-15-30(31)37-20-28-22(3)11-13-25-8-6-7-9-27(25)28/h6-18H,5,20H2,1-4H3,(H,34,35)/b26-17+. The molecule has 186 valence electrons. The van der Waals surface area contributed by atoms with Crippen LogP contribution in [0, 0.1) is 32.1 Å². The molecule has 0 aliphatic carbocycles. The molecule has 0 unspecified atom stereocenters. The van der Waals surface area contributed by atoms with Gasteiger partial charge in [0, 0.05) is 11.3 Å². The van der Waals surface area contributed by atoms with E-state index in [4.69, 9.17) is 9.47 Å². The number of carbonyl (C=O) groups is 1. The molecule has 4 aromatic carbocycles. The van der Waals surface area contributed by atoms with Crippen LogP contribution in [-0.4, -0.2) is 12.5 Å². The van der Waals surface area contributed by atoms with Crippen LogP contribution in [0.4, 0.5) is 5.69 Å². The quantitative estimate of drug-likeness (QED) is 0.208. The molecule has 0 aliphatic rings. The molecular weight excluding hydrogens is 460 g/mol. The van der Waals surface area contributed by atoms with Gasteiger partial charge in [-0.15, -0.1) is 0 Å². The summed E-state index contributed by atoms with van der Waals surface area (Å²) in [5.41, 5.74) is 5.68. The molecule has 4 aromatic rings. The molecule has 0 saturated carbocycles. The number of fused-ring (bicyclic) bond motifs is 1. The molecule has 5 heteroatoms. The second kappa shape index (κ2) is 11.5. The highest BCUT2D eigenvalue weighted by Gasteiger charge is 2.13. The molecule has 0 heterocycles. The number of aryl methyl sites for hydroxylation is 3. The molecule has 1 N–H and O–H groups in total. The van der Waals surface area contributed by atoms with E-state index in [9.17, 15) is 10.1 Å². The third kappa shape index (κ3) is 5.99. The average molecular weight is 491 g/mol. The van der Waals surface area contributed by atoms with Gasteiger partial charge in [0.05, 0.1) is 6.61 Å². The smallest absolute Gasteiger partial charge is 0.266 e. The van der Waals surface area contributed by atoms with Gasteiger partial charge in [-0.25, -0.2) is 0 Å². The SMILES string of the molecule is CCOc1cc(/C=C(\C#N)C(=O)Nc2ccc(C)cc2C)ccc1OCc1c(C)ccc2ccccc12. The molecule has 5 nitrogen and oxygen atoms in total. The van der Waals surface area contributed by atoms with Crippen molar-refractivity contribution in [1.82, 2.24) is 0 Å². The van der Waals surface area contributed by atoms with Gasteiger partial charge < -0.3 is 14.8 Å². The van der Waals surface area contributed by atoms with Gasteiger partial charge in [-0.1, -0.05) is 60.2 Å². The molecule has 0 fully saturated rings. The number of nitrogens with one attached hydrogen (secondary N) is 1. The first kappa shape index (κ1) is 25.5. The van der Waals surface area contributed by atoms with E-state index in [1.165, 1.54) is 5.39 Å². The summed E-state index contributed by atoms with van der Waals surface area (Å²) >= 11 is 0. The Kier molecular flexibility index (Phi) is 7.90. The normalized spacial score (nSPS) is 11.2. The van der Waals surface area contributed by atoms with E-state index in [1.54, 1.807) is 12.1 Å². The van der Waals surface area contributed by atoms with E-state index in [0.29, 0.717) is 36.0 Å². The van der Waals surface area contributed by atoms with Crippen LogP contribution in [0.2, 0.25) is 0 Å². The highest BCUT2D eigenvalue weighted by atomic mass is 16.5. The molecule has 0 aromatic heterocycles. The first-order chi connectivity index (χ1) is 17.9. The van der Waals surface area contributed by atoms with Crippen molar-refractivity contribution in [2.24, 2.45) is 0 Å². The number of hydrogen-bond acceptors (Lipinski definition) is 4. The Morgan fingerprint density at radius 3 is 2.49 bits per heavy atom. The minimum atomic E-state index is -0.459. The Morgan fingerprint density at radius 1 is 0.919 bits per heavy atom. The largest absolute Gasteiger partial charge is 0.490 e. The number of hydrogen-bond donors (Lipinski definition) is 1. The summed E-state index contributed by atoms with van der Waals surface area (Å²) < 4.78 is 12.1. The Balaban J connectivity index is 1.57. The summed E-state index contributed by atoms with van der Waals surface area (Å²) in [7, 11) is 0. The molecule has 0 saturated heterocycles. The van der Waals surface area contributed by atoms with Crippen molar-refractivity contribution in [1.29, 1.82) is 5.26 Å². The van der Waals surface area contributed by atoms with E-state index in [-0.39, 0.29) is 5.57 Å². The van der Waals surface area contributed by atoms with Crippen LogP contribution in [0.15, 0.2) is 78.4 Å². The van der Waals surface area contributed by atoms with Gasteiger partial charge in [-0.05, 0) is 79.4 Å². The Hall–Kier alpha value is -4.56. The maximum atomic E-state index is 12.8. The summed E-state index contributed by atoms with van der Waals surface area (Å²) in [5.74, 6) is 0.699. The molecule has 0 aliphatic heterocycles. The van der Waals surface area contributed by atoms with Crippen molar-refractivity contribution in [3.05, 3.63) is 106 Å². The molecule has 0 bridgehead atoms. The highest BCUT2D eigenvalue weighted by Crippen LogP contribution is 2.32. The Morgan fingerprint density at radius 2 is 1.73 bits per heavy atom. The van der Waals surface area contributed by atoms with E-state index in [0.717, 1.165) is 27.6 Å². The number of benzene rings is 4. The van der Waals surface area contributed by atoms with E-state index < -0.39 is 5.91 Å². The second-order valence-corrected chi connectivity index (χ2v) is 8.95. The molecule has 0 atom stereocenters. The number of anilines is 1. The zero-order valence-corrected chi connectivity index (χ0v) is 21.6. The minimum absolute atomic E-state index is 0.00229. The number of rotatable bonds is 8. The summed E-state index contributed by atoms with van der Waals surface area (Å²) in [6.07, 6.45) is 1.56. The van der Waals surface area contributed by atoms with E-state index in [1.807, 2.05) is 69.3 Å². The van der Waals surface area contributed by atoms with Gasteiger partial charge in [0.1, 0.15) is 18.2 Å². The predicted molar refractivity (Wildman–Crippen MR) is 149 cm³/mol. The maximum Gasteiger partial charge on any atom is 0.266 e. The summed E-state index contributed by atoms with van der Waals surface area (Å²) in [4.78, 5) is 12.8. The van der Waals surface area contributed by atoms with Gasteiger partial charge in [-0.2, -0.15) is 5.26 Å². The third-order valence-electron chi connectivity index (χ3n) is 6.22. The lowest BCUT2D eigenvalue weighted by Crippen LogP contribution is -2.14. The Bertz CT molecular complexity index is 1530. The molecular formula is C32H30N2O3. The lowest BCUT2D eigenvalue weighted by atomic mass is 10.0. The lowest BCUT2D eigenvalue weighted by Gasteiger charge is -2.15. The van der Waals surface area contributed by atoms with Crippen LogP contribution in [0.5, 0.6) is 11.5 Å². The van der Waals surface area contributed by atoms with Gasteiger partial charge >= 0.3 is 0 Å². The van der Waals surface area contributed by atoms with Crippen molar-refractivity contribution >= 4 is 28.4 Å². The fraction of sp³-hybridized carbons (Fsp3) is 0.188. The van der Waals surface area contributed by atoms with E-state index in [2.05, 4.69) is 36.5 Å². The van der Waals surface area contributed by atoms with Crippen molar-refractivity contribution in [2.75, 3.05) is 11.9 Å². The first-order valence-corrected chi connectivity index (χ1v) is 12.3. The molecule has 37 heavy (non-hydrogen) atoms. The summed E-state index contributed by atoms with van der Waals surface area (Å²) in [6, 6.07) is 25.6. The van der Waals surface area contributed by atoms with Gasteiger partial charge in [0.25, 0.3) is 5.91 Å². The zero-order chi connectivity index (χ0) is 26.4. The van der Waals surface area contributed by atoms with Crippen LogP contribution in [0.3, 0.4) is 0 Å². The zero-order valence-electron chi connectivity index (χ0n) is 21.6. The van der Waals surface area contributed by atoms with Crippen LogP contribution in [0.1, 0.15) is 34.7 Å². The topological polar surface area (TPSA) is 71.3 Å². The maximum absolute atomic E-state index is 12.8. The average Bonchev–Trinajstić information content (AvgIpc) is 2.89. The number of ether oxygens (including phenoxy) is 2. The number of amides is 1. The minimum Gasteiger partial charge on any atom is -0.490 e. The van der Waals surface area contributed by atoms with Crippen molar-refractivity contribution in [2.45, 2.75) is 34.3 Å². The van der Waals surface area contributed by atoms with Gasteiger partial charge in [0.2, 0.25) is 0 Å². The monoisotopic (exact) mass is 490 g/mol. The first-order valence-electron chi connectivity index (χ1n) is 12.3. The second-order valence-electron chi connectivity index (χ2n) is 8.95. The molecule has 0 radical (unpaired) electrons. The Labute approximate surface area is 218 Å².